The van der Waals surface area contributed by atoms with Crippen LogP contribution in [0, 0.1) is 0 Å². The normalized spacial score (nSPS) is 14.5. The highest BCUT2D eigenvalue weighted by Crippen LogP contribution is 2.34. The summed E-state index contributed by atoms with van der Waals surface area (Å²) in [4.78, 5) is 2.41. The maximum atomic E-state index is 3.54. The zero-order valence-corrected chi connectivity index (χ0v) is 11.2. The molecule has 1 aliphatic rings. The van der Waals surface area contributed by atoms with E-state index in [1.807, 2.05) is 0 Å². The first-order chi connectivity index (χ1) is 8.34. The van der Waals surface area contributed by atoms with E-state index in [9.17, 15) is 0 Å². The van der Waals surface area contributed by atoms with Crippen LogP contribution in [0.5, 0.6) is 0 Å². The van der Waals surface area contributed by atoms with Gasteiger partial charge in [-0.05, 0) is 42.7 Å². The molecule has 1 nitrogen and oxygen atoms in total. The van der Waals surface area contributed by atoms with E-state index in [1.54, 1.807) is 0 Å². The molecule has 0 unspecified atom stereocenters. The van der Waals surface area contributed by atoms with E-state index in [0.717, 1.165) is 11.0 Å². The molecule has 1 aliphatic heterocycles. The lowest BCUT2D eigenvalue weighted by atomic mass is 10.0. The second-order valence-electron chi connectivity index (χ2n) is 4.36. The first-order valence-corrected chi connectivity index (χ1v) is 6.75. The number of anilines is 2. The summed E-state index contributed by atoms with van der Waals surface area (Å²) in [6, 6.07) is 17.2. The van der Waals surface area contributed by atoms with E-state index in [-0.39, 0.29) is 0 Å². The molecule has 0 saturated heterocycles. The predicted octanol–water partition coefficient (Wildman–Crippen LogP) is 4.53. The number of nitrogens with zero attached hydrogens (tertiary/aromatic N) is 1. The van der Waals surface area contributed by atoms with Gasteiger partial charge in [-0.25, -0.2) is 0 Å². The molecule has 0 atom stereocenters. The Balaban J connectivity index is 2.06. The van der Waals surface area contributed by atoms with Gasteiger partial charge < -0.3 is 4.90 Å². The maximum Gasteiger partial charge on any atom is 0.0443 e. The van der Waals surface area contributed by atoms with Gasteiger partial charge in [-0.2, -0.15) is 0 Å². The van der Waals surface area contributed by atoms with Crippen LogP contribution < -0.4 is 4.90 Å². The molecule has 0 fully saturated rings. The quantitative estimate of drug-likeness (QED) is 0.745. The molecule has 86 valence electrons. The minimum Gasteiger partial charge on any atom is -0.341 e. The molecule has 0 radical (unpaired) electrons. The zero-order chi connectivity index (χ0) is 11.7. The molecule has 0 bridgehead atoms. The number of rotatable bonds is 1. The molecule has 2 aromatic rings. The van der Waals surface area contributed by atoms with Gasteiger partial charge in [-0.15, -0.1) is 0 Å². The Morgan fingerprint density at radius 1 is 1.00 bits per heavy atom. The summed E-state index contributed by atoms with van der Waals surface area (Å²) in [7, 11) is 0. The number of hydrogen-bond acceptors (Lipinski definition) is 1. The van der Waals surface area contributed by atoms with Gasteiger partial charge >= 0.3 is 0 Å². The van der Waals surface area contributed by atoms with Crippen molar-refractivity contribution in [2.24, 2.45) is 0 Å². The Kier molecular flexibility index (Phi) is 2.89. The molecule has 2 heteroatoms. The van der Waals surface area contributed by atoms with Crippen LogP contribution in [0.4, 0.5) is 11.4 Å². The Morgan fingerprint density at radius 2 is 1.88 bits per heavy atom. The lowest BCUT2D eigenvalue weighted by Gasteiger charge is -2.31. The highest BCUT2D eigenvalue weighted by atomic mass is 79.9. The third-order valence-corrected chi connectivity index (χ3v) is 3.72. The minimum atomic E-state index is 1.10. The van der Waals surface area contributed by atoms with Gasteiger partial charge in [0.05, 0.1) is 0 Å². The molecule has 0 saturated carbocycles. The lowest BCUT2D eigenvalue weighted by Crippen LogP contribution is -2.24. The second kappa shape index (κ2) is 4.53. The Bertz CT molecular complexity index is 536. The average molecular weight is 288 g/mol. The smallest absolute Gasteiger partial charge is 0.0443 e. The molecule has 2 aromatic carbocycles. The molecule has 0 amide bonds. The SMILES string of the molecule is Brc1cccc(N2CCCc3ccccc32)c1. The van der Waals surface area contributed by atoms with Crippen molar-refractivity contribution in [2.75, 3.05) is 11.4 Å². The Hall–Kier alpha value is -1.28. The standard InChI is InChI=1S/C15H14BrN/c16-13-7-3-8-14(11-13)17-10-4-6-12-5-1-2-9-15(12)17/h1-3,5,7-9,11H,4,6,10H2. The van der Waals surface area contributed by atoms with E-state index < -0.39 is 0 Å². The van der Waals surface area contributed by atoms with Crippen LogP contribution in [0.15, 0.2) is 53.0 Å². The van der Waals surface area contributed by atoms with Gasteiger partial charge in [-0.3, -0.25) is 0 Å². The lowest BCUT2D eigenvalue weighted by molar-refractivity contribution is 0.767. The second-order valence-corrected chi connectivity index (χ2v) is 5.28. The highest BCUT2D eigenvalue weighted by Gasteiger charge is 2.17. The summed E-state index contributed by atoms with van der Waals surface area (Å²) in [5.74, 6) is 0. The fraction of sp³-hybridized carbons (Fsp3) is 0.200. The average Bonchev–Trinajstić information content (AvgIpc) is 2.38. The summed E-state index contributed by atoms with van der Waals surface area (Å²) in [6.07, 6.45) is 2.42. The van der Waals surface area contributed by atoms with E-state index in [4.69, 9.17) is 0 Å². The molecule has 0 N–H and O–H groups in total. The summed E-state index contributed by atoms with van der Waals surface area (Å²) in [5, 5.41) is 0. The van der Waals surface area contributed by atoms with Crippen LogP contribution in [-0.4, -0.2) is 6.54 Å². The van der Waals surface area contributed by atoms with E-state index >= 15 is 0 Å². The number of fused-ring (bicyclic) bond motifs is 1. The molecule has 1 heterocycles. The number of hydrogen-bond donors (Lipinski definition) is 0. The summed E-state index contributed by atoms with van der Waals surface area (Å²) in [6.45, 7) is 1.10. The molecule has 17 heavy (non-hydrogen) atoms. The minimum absolute atomic E-state index is 1.10. The van der Waals surface area contributed by atoms with Crippen molar-refractivity contribution >= 4 is 27.3 Å². The van der Waals surface area contributed by atoms with Crippen molar-refractivity contribution in [3.05, 3.63) is 58.6 Å². The Labute approximate surface area is 110 Å². The molecule has 0 spiro atoms. The first-order valence-electron chi connectivity index (χ1n) is 5.95. The van der Waals surface area contributed by atoms with Gasteiger partial charge in [0.25, 0.3) is 0 Å². The number of para-hydroxylation sites is 1. The van der Waals surface area contributed by atoms with Crippen molar-refractivity contribution < 1.29 is 0 Å². The van der Waals surface area contributed by atoms with E-state index in [1.165, 1.54) is 29.8 Å². The van der Waals surface area contributed by atoms with Gasteiger partial charge in [0.1, 0.15) is 0 Å². The van der Waals surface area contributed by atoms with Gasteiger partial charge in [-0.1, -0.05) is 40.2 Å². The van der Waals surface area contributed by atoms with Crippen molar-refractivity contribution in [3.63, 3.8) is 0 Å². The third kappa shape index (κ3) is 2.09. The van der Waals surface area contributed by atoms with Gasteiger partial charge in [0.15, 0.2) is 0 Å². The van der Waals surface area contributed by atoms with Crippen molar-refractivity contribution in [1.82, 2.24) is 0 Å². The monoisotopic (exact) mass is 287 g/mol. The topological polar surface area (TPSA) is 3.24 Å². The summed E-state index contributed by atoms with van der Waals surface area (Å²) in [5.41, 5.74) is 4.09. The molecular weight excluding hydrogens is 274 g/mol. The number of halogens is 1. The van der Waals surface area contributed by atoms with Crippen LogP contribution in [0.25, 0.3) is 0 Å². The van der Waals surface area contributed by atoms with Crippen LogP contribution >= 0.6 is 15.9 Å². The number of aryl methyl sites for hydroxylation is 1. The van der Waals surface area contributed by atoms with Crippen molar-refractivity contribution in [1.29, 1.82) is 0 Å². The molecule has 0 aromatic heterocycles. The largest absolute Gasteiger partial charge is 0.341 e. The molecule has 0 aliphatic carbocycles. The summed E-state index contributed by atoms with van der Waals surface area (Å²) >= 11 is 3.54. The zero-order valence-electron chi connectivity index (χ0n) is 9.57. The Morgan fingerprint density at radius 3 is 2.76 bits per heavy atom. The van der Waals surface area contributed by atoms with Crippen LogP contribution in [-0.2, 0) is 6.42 Å². The van der Waals surface area contributed by atoms with Crippen LogP contribution in [0.2, 0.25) is 0 Å². The summed E-state index contributed by atoms with van der Waals surface area (Å²) < 4.78 is 1.14. The fourth-order valence-electron chi connectivity index (χ4n) is 2.45. The van der Waals surface area contributed by atoms with Crippen molar-refractivity contribution in [2.45, 2.75) is 12.8 Å². The fourth-order valence-corrected chi connectivity index (χ4v) is 2.83. The molecular formula is C15H14BrN. The third-order valence-electron chi connectivity index (χ3n) is 3.23. The number of benzene rings is 2. The van der Waals surface area contributed by atoms with Crippen molar-refractivity contribution in [3.8, 4) is 0 Å². The highest BCUT2D eigenvalue weighted by molar-refractivity contribution is 9.10. The van der Waals surface area contributed by atoms with E-state index in [0.29, 0.717) is 0 Å². The predicted molar refractivity (Wildman–Crippen MR) is 75.9 cm³/mol. The van der Waals surface area contributed by atoms with Crippen LogP contribution in [0.1, 0.15) is 12.0 Å². The first kappa shape index (κ1) is 10.8. The maximum absolute atomic E-state index is 3.54. The van der Waals surface area contributed by atoms with Gasteiger partial charge in [0, 0.05) is 22.4 Å². The van der Waals surface area contributed by atoms with Crippen LogP contribution in [0.3, 0.4) is 0 Å². The molecule has 3 rings (SSSR count). The van der Waals surface area contributed by atoms with E-state index in [2.05, 4.69) is 69.4 Å². The van der Waals surface area contributed by atoms with Gasteiger partial charge in [0.2, 0.25) is 0 Å².